The fourth-order valence-corrected chi connectivity index (χ4v) is 3.42. The van der Waals surface area contributed by atoms with Crippen molar-refractivity contribution in [3.05, 3.63) is 35.5 Å². The maximum atomic E-state index is 12.2. The molecule has 1 heterocycles. The van der Waals surface area contributed by atoms with Gasteiger partial charge in [0.15, 0.2) is 9.84 Å². The van der Waals surface area contributed by atoms with Crippen LogP contribution in [0.5, 0.6) is 0 Å². The highest BCUT2D eigenvalue weighted by Crippen LogP contribution is 2.28. The summed E-state index contributed by atoms with van der Waals surface area (Å²) in [5, 5.41) is 0.628. The van der Waals surface area contributed by atoms with Gasteiger partial charge in [-0.3, -0.25) is 0 Å². The van der Waals surface area contributed by atoms with Crippen molar-refractivity contribution < 1.29 is 8.42 Å². The van der Waals surface area contributed by atoms with Crippen LogP contribution in [0.3, 0.4) is 0 Å². The third-order valence-corrected chi connectivity index (χ3v) is 6.00. The fraction of sp³-hybridized carbons (Fsp3) is 0.500. The molecule has 0 aliphatic rings. The van der Waals surface area contributed by atoms with Crippen LogP contribution in [0.4, 0.5) is 0 Å². The zero-order chi connectivity index (χ0) is 15.8. The molecule has 1 aromatic carbocycles. The third-order valence-electron chi connectivity index (χ3n) is 3.85. The standard InChI is InChI=1S/C16H24N2O2S/c1-11(2)18-9-14(10-21(19,20)12(3)4)15-7-13(8-17)5-6-16(15)18/h5-7,9,11-12H,8,10,17H2,1-4H3. The lowest BCUT2D eigenvalue weighted by Gasteiger charge is -2.09. The molecule has 0 atom stereocenters. The van der Waals surface area contributed by atoms with Gasteiger partial charge in [-0.15, -0.1) is 0 Å². The number of nitrogens with two attached hydrogens (primary N) is 1. The van der Waals surface area contributed by atoms with E-state index < -0.39 is 9.84 Å². The van der Waals surface area contributed by atoms with Gasteiger partial charge >= 0.3 is 0 Å². The minimum absolute atomic E-state index is 0.0783. The number of benzene rings is 1. The molecule has 0 saturated carbocycles. The Bertz CT molecular complexity index is 743. The Balaban J connectivity index is 2.62. The van der Waals surface area contributed by atoms with Crippen LogP contribution in [0, 0.1) is 0 Å². The van der Waals surface area contributed by atoms with Gasteiger partial charge in [-0.2, -0.15) is 0 Å². The van der Waals surface area contributed by atoms with Gasteiger partial charge in [-0.1, -0.05) is 6.07 Å². The Morgan fingerprint density at radius 2 is 1.86 bits per heavy atom. The second-order valence-electron chi connectivity index (χ2n) is 6.07. The maximum absolute atomic E-state index is 12.2. The smallest absolute Gasteiger partial charge is 0.156 e. The first-order chi connectivity index (χ1) is 9.76. The molecule has 5 heteroatoms. The van der Waals surface area contributed by atoms with E-state index in [1.807, 2.05) is 24.4 Å². The predicted molar refractivity (Wildman–Crippen MR) is 88.0 cm³/mol. The van der Waals surface area contributed by atoms with Gasteiger partial charge in [-0.05, 0) is 51.0 Å². The van der Waals surface area contributed by atoms with Crippen LogP contribution < -0.4 is 5.73 Å². The summed E-state index contributed by atoms with van der Waals surface area (Å²) in [6.07, 6.45) is 1.97. The highest BCUT2D eigenvalue weighted by atomic mass is 32.2. The average Bonchev–Trinajstić information content (AvgIpc) is 2.76. The Labute approximate surface area is 126 Å². The summed E-state index contributed by atoms with van der Waals surface area (Å²) in [7, 11) is -3.12. The first-order valence-corrected chi connectivity index (χ1v) is 9.01. The van der Waals surface area contributed by atoms with Gasteiger partial charge in [0.1, 0.15) is 0 Å². The van der Waals surface area contributed by atoms with Crippen LogP contribution in [0.1, 0.15) is 44.9 Å². The quantitative estimate of drug-likeness (QED) is 0.923. The van der Waals surface area contributed by atoms with Crippen molar-refractivity contribution in [2.45, 2.75) is 51.3 Å². The van der Waals surface area contributed by atoms with Gasteiger partial charge in [0.2, 0.25) is 0 Å². The molecule has 4 nitrogen and oxygen atoms in total. The van der Waals surface area contributed by atoms with Crippen LogP contribution in [0.2, 0.25) is 0 Å². The lowest BCUT2D eigenvalue weighted by Crippen LogP contribution is -2.15. The van der Waals surface area contributed by atoms with E-state index >= 15 is 0 Å². The van der Waals surface area contributed by atoms with Gasteiger partial charge in [0, 0.05) is 29.7 Å². The van der Waals surface area contributed by atoms with Crippen LogP contribution in [-0.4, -0.2) is 18.2 Å². The summed E-state index contributed by atoms with van der Waals surface area (Å²) in [6, 6.07) is 6.33. The average molecular weight is 308 g/mol. The van der Waals surface area contributed by atoms with Crippen LogP contribution in [0.15, 0.2) is 24.4 Å². The highest BCUT2D eigenvalue weighted by Gasteiger charge is 2.20. The second kappa shape index (κ2) is 5.81. The number of aromatic nitrogens is 1. The lowest BCUT2D eigenvalue weighted by atomic mass is 10.1. The van der Waals surface area contributed by atoms with E-state index in [0.29, 0.717) is 6.54 Å². The highest BCUT2D eigenvalue weighted by molar-refractivity contribution is 7.91. The molecule has 21 heavy (non-hydrogen) atoms. The first-order valence-electron chi connectivity index (χ1n) is 7.30. The fourth-order valence-electron chi connectivity index (χ4n) is 2.43. The van der Waals surface area contributed by atoms with Crippen LogP contribution in [-0.2, 0) is 22.1 Å². The summed E-state index contributed by atoms with van der Waals surface area (Å²) in [5.74, 6) is 0.0783. The number of hydrogen-bond donors (Lipinski definition) is 1. The monoisotopic (exact) mass is 308 g/mol. The van der Waals surface area contributed by atoms with Gasteiger partial charge in [0.25, 0.3) is 0 Å². The summed E-state index contributed by atoms with van der Waals surface area (Å²) in [4.78, 5) is 0. The molecule has 0 spiro atoms. The number of sulfone groups is 1. The minimum Gasteiger partial charge on any atom is -0.345 e. The largest absolute Gasteiger partial charge is 0.345 e. The molecular formula is C16H24N2O2S. The zero-order valence-electron chi connectivity index (χ0n) is 13.1. The Hall–Kier alpha value is -1.33. The number of fused-ring (bicyclic) bond motifs is 1. The SMILES string of the molecule is CC(C)n1cc(CS(=O)(=O)C(C)C)c2cc(CN)ccc21. The molecule has 1 aromatic heterocycles. The van der Waals surface area contributed by atoms with E-state index in [-0.39, 0.29) is 17.0 Å². The molecule has 0 unspecified atom stereocenters. The maximum Gasteiger partial charge on any atom is 0.156 e. The Morgan fingerprint density at radius 1 is 1.19 bits per heavy atom. The van der Waals surface area contributed by atoms with Crippen LogP contribution in [0.25, 0.3) is 10.9 Å². The van der Waals surface area contributed by atoms with Gasteiger partial charge in [-0.25, -0.2) is 8.42 Å². The zero-order valence-corrected chi connectivity index (χ0v) is 13.9. The second-order valence-corrected chi connectivity index (χ2v) is 8.62. The van der Waals surface area contributed by atoms with Crippen molar-refractivity contribution in [2.24, 2.45) is 5.73 Å². The lowest BCUT2D eigenvalue weighted by molar-refractivity contribution is 0.586. The summed E-state index contributed by atoms with van der Waals surface area (Å²) in [5.41, 5.74) is 8.66. The summed E-state index contributed by atoms with van der Waals surface area (Å²) in [6.45, 7) is 8.09. The molecule has 2 N–H and O–H groups in total. The molecule has 0 bridgehead atoms. The molecule has 0 saturated heterocycles. The number of hydrogen-bond acceptors (Lipinski definition) is 3. The molecule has 0 amide bonds. The molecule has 116 valence electrons. The summed E-state index contributed by atoms with van der Waals surface area (Å²) >= 11 is 0. The van der Waals surface area contributed by atoms with Crippen molar-refractivity contribution in [1.82, 2.24) is 4.57 Å². The molecule has 0 fully saturated rings. The van der Waals surface area contributed by atoms with E-state index in [9.17, 15) is 8.42 Å². The van der Waals surface area contributed by atoms with Crippen molar-refractivity contribution in [3.63, 3.8) is 0 Å². The minimum atomic E-state index is -3.12. The Kier molecular flexibility index (Phi) is 4.44. The van der Waals surface area contributed by atoms with Crippen molar-refractivity contribution in [2.75, 3.05) is 0 Å². The Morgan fingerprint density at radius 3 is 2.38 bits per heavy atom. The number of nitrogens with zero attached hydrogens (tertiary/aromatic N) is 1. The van der Waals surface area contributed by atoms with E-state index in [4.69, 9.17) is 5.73 Å². The molecule has 2 rings (SSSR count). The predicted octanol–water partition coefficient (Wildman–Crippen LogP) is 3.00. The van der Waals surface area contributed by atoms with Gasteiger partial charge in [0.05, 0.1) is 11.0 Å². The topological polar surface area (TPSA) is 65.1 Å². The van der Waals surface area contributed by atoms with Crippen molar-refractivity contribution >= 4 is 20.7 Å². The molecular weight excluding hydrogens is 284 g/mol. The third kappa shape index (κ3) is 3.14. The van der Waals surface area contributed by atoms with E-state index in [0.717, 1.165) is 22.0 Å². The van der Waals surface area contributed by atoms with Crippen LogP contribution >= 0.6 is 0 Å². The van der Waals surface area contributed by atoms with E-state index in [1.165, 1.54) is 0 Å². The van der Waals surface area contributed by atoms with E-state index in [2.05, 4.69) is 18.4 Å². The first kappa shape index (κ1) is 16.0. The molecule has 0 radical (unpaired) electrons. The van der Waals surface area contributed by atoms with Gasteiger partial charge < -0.3 is 10.3 Å². The molecule has 2 aromatic rings. The van der Waals surface area contributed by atoms with Crippen molar-refractivity contribution in [1.29, 1.82) is 0 Å². The molecule has 0 aliphatic heterocycles. The summed E-state index contributed by atoms with van der Waals surface area (Å²) < 4.78 is 26.6. The number of rotatable bonds is 5. The van der Waals surface area contributed by atoms with E-state index in [1.54, 1.807) is 13.8 Å². The van der Waals surface area contributed by atoms with Crippen molar-refractivity contribution in [3.8, 4) is 0 Å². The molecule has 0 aliphatic carbocycles. The normalized spacial score (nSPS) is 12.7.